The monoisotopic (exact) mass is 301 g/mol. The molecule has 0 bridgehead atoms. The lowest BCUT2D eigenvalue weighted by Crippen LogP contribution is -2.36. The average molecular weight is 301 g/mol. The molecule has 4 nitrogen and oxygen atoms in total. The maximum absolute atomic E-state index is 13.5. The number of carbonyl (C=O) groups excluding carboxylic acids is 1. The Bertz CT molecular complexity index is 577. The van der Waals surface area contributed by atoms with Gasteiger partial charge in [-0.25, -0.2) is 13.2 Å². The number of aliphatic carboxylic acids is 1. The van der Waals surface area contributed by atoms with Crippen molar-refractivity contribution >= 4 is 17.6 Å². The van der Waals surface area contributed by atoms with Crippen LogP contribution in [0.25, 0.3) is 0 Å². The summed E-state index contributed by atoms with van der Waals surface area (Å²) in [6.45, 7) is 0. The van der Waals surface area contributed by atoms with E-state index in [9.17, 15) is 22.8 Å². The van der Waals surface area contributed by atoms with Gasteiger partial charge in [0.1, 0.15) is 0 Å². The summed E-state index contributed by atoms with van der Waals surface area (Å²) in [5, 5.41) is 11.2. The fraction of sp³-hybridized carbons (Fsp3) is 0.429. The van der Waals surface area contributed by atoms with Gasteiger partial charge in [0, 0.05) is 0 Å². The summed E-state index contributed by atoms with van der Waals surface area (Å²) in [5.74, 6) is -7.94. The lowest BCUT2D eigenvalue weighted by molar-refractivity contribution is -0.147. The van der Waals surface area contributed by atoms with Crippen molar-refractivity contribution in [2.45, 2.75) is 25.7 Å². The molecule has 0 aromatic heterocycles. The van der Waals surface area contributed by atoms with Crippen molar-refractivity contribution < 1.29 is 27.9 Å². The van der Waals surface area contributed by atoms with Crippen LogP contribution in [0.2, 0.25) is 0 Å². The van der Waals surface area contributed by atoms with E-state index < -0.39 is 46.9 Å². The largest absolute Gasteiger partial charge is 0.481 e. The summed E-state index contributed by atoms with van der Waals surface area (Å²) in [4.78, 5) is 23.2. The van der Waals surface area contributed by atoms with Gasteiger partial charge in [-0.15, -0.1) is 0 Å². The fourth-order valence-electron chi connectivity index (χ4n) is 2.59. The summed E-state index contributed by atoms with van der Waals surface area (Å²) in [5.41, 5.74) is -0.492. The van der Waals surface area contributed by atoms with Crippen molar-refractivity contribution in [3.05, 3.63) is 29.6 Å². The highest BCUT2D eigenvalue weighted by molar-refractivity contribution is 5.95. The quantitative estimate of drug-likeness (QED) is 0.844. The van der Waals surface area contributed by atoms with Gasteiger partial charge in [0.05, 0.1) is 17.5 Å². The van der Waals surface area contributed by atoms with Crippen LogP contribution < -0.4 is 5.32 Å². The van der Waals surface area contributed by atoms with Gasteiger partial charge in [-0.1, -0.05) is 12.8 Å². The first-order valence-corrected chi connectivity index (χ1v) is 6.59. The molecule has 1 amide bonds. The molecule has 0 aliphatic heterocycles. The normalized spacial score (nSPS) is 21.9. The third kappa shape index (κ3) is 3.17. The lowest BCUT2D eigenvalue weighted by atomic mass is 9.78. The van der Waals surface area contributed by atoms with Crippen LogP contribution in [0.5, 0.6) is 0 Å². The SMILES string of the molecule is O=C(O)[C@H]1CCCC[C@@H]1C(=O)Nc1ccc(F)c(F)c1F. The highest BCUT2D eigenvalue weighted by atomic mass is 19.2. The number of carbonyl (C=O) groups is 2. The number of hydrogen-bond acceptors (Lipinski definition) is 2. The van der Waals surface area contributed by atoms with E-state index in [1.165, 1.54) is 0 Å². The van der Waals surface area contributed by atoms with Gasteiger partial charge in [-0.05, 0) is 25.0 Å². The zero-order valence-corrected chi connectivity index (χ0v) is 11.0. The maximum Gasteiger partial charge on any atom is 0.307 e. The van der Waals surface area contributed by atoms with E-state index >= 15 is 0 Å². The van der Waals surface area contributed by atoms with E-state index in [2.05, 4.69) is 5.32 Å². The second kappa shape index (κ2) is 6.15. The Labute approximate surface area is 119 Å². The second-order valence-corrected chi connectivity index (χ2v) is 5.05. The Hall–Kier alpha value is -2.05. The van der Waals surface area contributed by atoms with Crippen molar-refractivity contribution in [3.63, 3.8) is 0 Å². The Balaban J connectivity index is 2.17. The number of amides is 1. The molecule has 0 spiro atoms. The molecular formula is C14H14F3NO3. The van der Waals surface area contributed by atoms with Gasteiger partial charge in [0.2, 0.25) is 5.91 Å². The van der Waals surface area contributed by atoms with Gasteiger partial charge < -0.3 is 10.4 Å². The van der Waals surface area contributed by atoms with E-state index in [0.717, 1.165) is 6.07 Å². The number of hydrogen-bond donors (Lipinski definition) is 2. The summed E-state index contributed by atoms with van der Waals surface area (Å²) in [7, 11) is 0. The number of carboxylic acid groups (broad SMARTS) is 1. The minimum atomic E-state index is -1.67. The highest BCUT2D eigenvalue weighted by Gasteiger charge is 2.36. The molecule has 1 aromatic carbocycles. The smallest absolute Gasteiger partial charge is 0.307 e. The predicted octanol–water partition coefficient (Wildman–Crippen LogP) is 2.93. The molecule has 2 rings (SSSR count). The Morgan fingerprint density at radius 1 is 1.05 bits per heavy atom. The van der Waals surface area contributed by atoms with Crippen LogP contribution >= 0.6 is 0 Å². The van der Waals surface area contributed by atoms with E-state index in [1.807, 2.05) is 0 Å². The van der Waals surface area contributed by atoms with Crippen molar-refractivity contribution in [1.82, 2.24) is 0 Å². The van der Waals surface area contributed by atoms with Crippen LogP contribution in [0.1, 0.15) is 25.7 Å². The lowest BCUT2D eigenvalue weighted by Gasteiger charge is -2.27. The first-order chi connectivity index (χ1) is 9.91. The van der Waals surface area contributed by atoms with E-state index in [4.69, 9.17) is 5.11 Å². The zero-order chi connectivity index (χ0) is 15.6. The summed E-state index contributed by atoms with van der Waals surface area (Å²) in [6, 6.07) is 1.60. The fourth-order valence-corrected chi connectivity index (χ4v) is 2.59. The van der Waals surface area contributed by atoms with Gasteiger partial charge in [0.15, 0.2) is 17.5 Å². The van der Waals surface area contributed by atoms with Crippen molar-refractivity contribution in [3.8, 4) is 0 Å². The topological polar surface area (TPSA) is 66.4 Å². The average Bonchev–Trinajstić information content (AvgIpc) is 2.47. The molecule has 7 heteroatoms. The van der Waals surface area contributed by atoms with Crippen LogP contribution in [0.4, 0.5) is 18.9 Å². The van der Waals surface area contributed by atoms with Crippen molar-refractivity contribution in [2.75, 3.05) is 5.32 Å². The van der Waals surface area contributed by atoms with Crippen LogP contribution in [0.3, 0.4) is 0 Å². The molecule has 2 atom stereocenters. The summed E-state index contributed by atoms with van der Waals surface area (Å²) < 4.78 is 39.4. The first-order valence-electron chi connectivity index (χ1n) is 6.59. The van der Waals surface area contributed by atoms with Gasteiger partial charge in [0.25, 0.3) is 0 Å². The predicted molar refractivity (Wildman–Crippen MR) is 68.0 cm³/mol. The van der Waals surface area contributed by atoms with Crippen molar-refractivity contribution in [1.29, 1.82) is 0 Å². The molecule has 1 aromatic rings. The number of nitrogens with one attached hydrogen (secondary N) is 1. The molecule has 114 valence electrons. The first kappa shape index (κ1) is 15.3. The molecule has 1 fully saturated rings. The standard InChI is InChI=1S/C14H14F3NO3/c15-9-5-6-10(12(17)11(9)16)18-13(19)7-3-1-2-4-8(7)14(20)21/h5-8H,1-4H2,(H,18,19)(H,20,21)/t7-,8-/m0/s1. The van der Waals surface area contributed by atoms with E-state index in [1.54, 1.807) is 0 Å². The Morgan fingerprint density at radius 2 is 1.67 bits per heavy atom. The summed E-state index contributed by atoms with van der Waals surface area (Å²) in [6.07, 6.45) is 2.14. The molecule has 0 unspecified atom stereocenters. The molecule has 1 aliphatic carbocycles. The van der Waals surface area contributed by atoms with Gasteiger partial charge in [-0.3, -0.25) is 9.59 Å². The third-order valence-electron chi connectivity index (χ3n) is 3.71. The molecule has 0 heterocycles. The van der Waals surface area contributed by atoms with Crippen LogP contribution in [0.15, 0.2) is 12.1 Å². The van der Waals surface area contributed by atoms with E-state index in [-0.39, 0.29) is 0 Å². The van der Waals surface area contributed by atoms with Gasteiger partial charge >= 0.3 is 5.97 Å². The highest BCUT2D eigenvalue weighted by Crippen LogP contribution is 2.31. The molecule has 21 heavy (non-hydrogen) atoms. The number of anilines is 1. The van der Waals surface area contributed by atoms with Crippen LogP contribution in [0, 0.1) is 29.3 Å². The minimum absolute atomic E-state index is 0.369. The summed E-state index contributed by atoms with van der Waals surface area (Å²) >= 11 is 0. The Kier molecular flexibility index (Phi) is 4.50. The number of benzene rings is 1. The molecule has 0 saturated heterocycles. The van der Waals surface area contributed by atoms with Crippen LogP contribution in [-0.4, -0.2) is 17.0 Å². The molecular weight excluding hydrogens is 287 g/mol. The molecule has 1 saturated carbocycles. The van der Waals surface area contributed by atoms with E-state index in [0.29, 0.717) is 31.7 Å². The number of rotatable bonds is 3. The zero-order valence-electron chi connectivity index (χ0n) is 11.0. The van der Waals surface area contributed by atoms with Crippen LogP contribution in [-0.2, 0) is 9.59 Å². The molecule has 1 aliphatic rings. The molecule has 0 radical (unpaired) electrons. The number of carboxylic acids is 1. The molecule has 2 N–H and O–H groups in total. The number of halogens is 3. The Morgan fingerprint density at radius 3 is 2.29 bits per heavy atom. The van der Waals surface area contributed by atoms with Crippen molar-refractivity contribution in [2.24, 2.45) is 11.8 Å². The maximum atomic E-state index is 13.5. The third-order valence-corrected chi connectivity index (χ3v) is 3.71. The second-order valence-electron chi connectivity index (χ2n) is 5.05. The van der Waals surface area contributed by atoms with Gasteiger partial charge in [-0.2, -0.15) is 0 Å². The minimum Gasteiger partial charge on any atom is -0.481 e.